The topological polar surface area (TPSA) is 38.3 Å². The zero-order chi connectivity index (χ0) is 15.8. The van der Waals surface area contributed by atoms with Gasteiger partial charge < -0.3 is 10.1 Å². The van der Waals surface area contributed by atoms with Gasteiger partial charge >= 0.3 is 5.97 Å². The second kappa shape index (κ2) is 5.43. The van der Waals surface area contributed by atoms with E-state index in [1.54, 1.807) is 0 Å². The van der Waals surface area contributed by atoms with E-state index in [-0.39, 0.29) is 12.0 Å². The van der Waals surface area contributed by atoms with Gasteiger partial charge in [0.1, 0.15) is 0 Å². The third-order valence-electron chi connectivity index (χ3n) is 4.46. The van der Waals surface area contributed by atoms with Crippen LogP contribution >= 0.6 is 0 Å². The molecule has 1 N–H and O–H groups in total. The zero-order valence-electron chi connectivity index (χ0n) is 12.9. The highest BCUT2D eigenvalue weighted by molar-refractivity contribution is 5.91. The molecule has 0 saturated carbocycles. The molecular weight excluding hydrogens is 286 g/mol. The second-order valence-corrected chi connectivity index (χ2v) is 5.87. The van der Waals surface area contributed by atoms with Crippen molar-refractivity contribution in [3.8, 4) is 0 Å². The quantitative estimate of drug-likeness (QED) is 0.716. The van der Waals surface area contributed by atoms with Crippen molar-refractivity contribution < 1.29 is 9.53 Å². The Morgan fingerprint density at radius 3 is 2.70 bits per heavy atom. The first-order valence-corrected chi connectivity index (χ1v) is 7.71. The summed E-state index contributed by atoms with van der Waals surface area (Å²) in [5, 5.41) is 6.02. The van der Waals surface area contributed by atoms with Crippen molar-refractivity contribution in [1.29, 1.82) is 0 Å². The highest BCUT2D eigenvalue weighted by Gasteiger charge is 2.23. The molecule has 4 rings (SSSR count). The fourth-order valence-corrected chi connectivity index (χ4v) is 3.22. The number of anilines is 1. The maximum Gasteiger partial charge on any atom is 0.337 e. The summed E-state index contributed by atoms with van der Waals surface area (Å²) in [7, 11) is 1.40. The van der Waals surface area contributed by atoms with Crippen molar-refractivity contribution >= 4 is 22.4 Å². The van der Waals surface area contributed by atoms with Crippen molar-refractivity contribution in [1.82, 2.24) is 0 Å². The van der Waals surface area contributed by atoms with Gasteiger partial charge in [-0.25, -0.2) is 4.79 Å². The Kier molecular flexibility index (Phi) is 3.27. The number of ether oxygens (including phenoxy) is 1. The molecule has 0 spiro atoms. The lowest BCUT2D eigenvalue weighted by molar-refractivity contribution is 0.0601. The lowest BCUT2D eigenvalue weighted by Gasteiger charge is -2.12. The summed E-state index contributed by atoms with van der Waals surface area (Å²) in [4.78, 5) is 11.7. The van der Waals surface area contributed by atoms with Crippen LogP contribution in [0.15, 0.2) is 60.7 Å². The molecule has 3 aromatic rings. The molecule has 0 fully saturated rings. The molecule has 3 heteroatoms. The van der Waals surface area contributed by atoms with E-state index in [0.29, 0.717) is 5.56 Å². The molecule has 0 aromatic heterocycles. The highest BCUT2D eigenvalue weighted by Crippen LogP contribution is 2.35. The third-order valence-corrected chi connectivity index (χ3v) is 4.46. The molecule has 0 bridgehead atoms. The van der Waals surface area contributed by atoms with Crippen LogP contribution in [0.25, 0.3) is 10.8 Å². The van der Waals surface area contributed by atoms with Gasteiger partial charge in [0.25, 0.3) is 0 Å². The number of methoxy groups -OCH3 is 1. The van der Waals surface area contributed by atoms with E-state index >= 15 is 0 Å². The Bertz CT molecular complexity index is 901. The standard InChI is InChI=1S/C20H17NO2/c1-23-20(22)17-9-8-16-11-18(21-19(16)12-17)15-7-6-13-4-2-3-5-14(13)10-15/h2-10,12,18,21H,11H2,1H3. The highest BCUT2D eigenvalue weighted by atomic mass is 16.5. The molecule has 114 valence electrons. The molecule has 0 amide bonds. The number of carbonyl (C=O) groups excluding carboxylic acids is 1. The first kappa shape index (κ1) is 13.8. The monoisotopic (exact) mass is 303 g/mol. The third kappa shape index (κ3) is 2.44. The van der Waals surface area contributed by atoms with Crippen LogP contribution in [0.5, 0.6) is 0 Å². The van der Waals surface area contributed by atoms with Crippen LogP contribution in [0.4, 0.5) is 5.69 Å². The van der Waals surface area contributed by atoms with Gasteiger partial charge in [0.15, 0.2) is 0 Å². The average Bonchev–Trinajstić information content (AvgIpc) is 3.03. The normalized spacial score (nSPS) is 16.0. The average molecular weight is 303 g/mol. The summed E-state index contributed by atoms with van der Waals surface area (Å²) in [6.45, 7) is 0. The number of hydrogen-bond donors (Lipinski definition) is 1. The van der Waals surface area contributed by atoms with E-state index in [0.717, 1.165) is 12.1 Å². The predicted molar refractivity (Wildman–Crippen MR) is 91.8 cm³/mol. The van der Waals surface area contributed by atoms with Gasteiger partial charge in [0.2, 0.25) is 0 Å². The molecule has 0 saturated heterocycles. The molecule has 1 unspecified atom stereocenters. The van der Waals surface area contributed by atoms with Crippen LogP contribution in [-0.4, -0.2) is 13.1 Å². The fraction of sp³-hybridized carbons (Fsp3) is 0.150. The minimum absolute atomic E-state index is 0.238. The minimum atomic E-state index is -0.302. The lowest BCUT2D eigenvalue weighted by Crippen LogP contribution is -2.05. The van der Waals surface area contributed by atoms with Crippen molar-refractivity contribution in [3.05, 3.63) is 77.4 Å². The van der Waals surface area contributed by atoms with Crippen molar-refractivity contribution in [2.75, 3.05) is 12.4 Å². The first-order chi connectivity index (χ1) is 11.2. The fourth-order valence-electron chi connectivity index (χ4n) is 3.22. The van der Waals surface area contributed by atoms with E-state index < -0.39 is 0 Å². The number of benzene rings is 3. The maximum absolute atomic E-state index is 11.7. The Morgan fingerprint density at radius 2 is 1.87 bits per heavy atom. The summed E-state index contributed by atoms with van der Waals surface area (Å²) in [6.07, 6.45) is 0.926. The summed E-state index contributed by atoms with van der Waals surface area (Å²) >= 11 is 0. The zero-order valence-corrected chi connectivity index (χ0v) is 12.9. The van der Waals surface area contributed by atoms with E-state index in [9.17, 15) is 4.79 Å². The van der Waals surface area contributed by atoms with Gasteiger partial charge in [0, 0.05) is 5.69 Å². The van der Waals surface area contributed by atoms with Gasteiger partial charge in [0.05, 0.1) is 18.7 Å². The Morgan fingerprint density at radius 1 is 1.04 bits per heavy atom. The van der Waals surface area contributed by atoms with Crippen LogP contribution in [-0.2, 0) is 11.2 Å². The number of carbonyl (C=O) groups is 1. The van der Waals surface area contributed by atoms with E-state index in [1.807, 2.05) is 18.2 Å². The van der Waals surface area contributed by atoms with Crippen molar-refractivity contribution in [2.24, 2.45) is 0 Å². The van der Waals surface area contributed by atoms with Crippen molar-refractivity contribution in [2.45, 2.75) is 12.5 Å². The molecular formula is C20H17NO2. The van der Waals surface area contributed by atoms with Crippen molar-refractivity contribution in [3.63, 3.8) is 0 Å². The van der Waals surface area contributed by atoms with Gasteiger partial charge in [-0.15, -0.1) is 0 Å². The van der Waals surface area contributed by atoms with E-state index in [2.05, 4.69) is 47.8 Å². The molecule has 1 aliphatic rings. The minimum Gasteiger partial charge on any atom is -0.465 e. The molecule has 3 aromatic carbocycles. The largest absolute Gasteiger partial charge is 0.465 e. The van der Waals surface area contributed by atoms with Crippen LogP contribution < -0.4 is 5.32 Å². The van der Waals surface area contributed by atoms with Gasteiger partial charge in [-0.2, -0.15) is 0 Å². The summed E-state index contributed by atoms with van der Waals surface area (Å²) in [5.74, 6) is -0.302. The number of hydrogen-bond acceptors (Lipinski definition) is 3. The maximum atomic E-state index is 11.7. The SMILES string of the molecule is COC(=O)c1ccc2c(c1)NC(c1ccc3ccccc3c1)C2. The van der Waals surface area contributed by atoms with Crippen LogP contribution in [0.2, 0.25) is 0 Å². The number of rotatable bonds is 2. The molecule has 1 atom stereocenters. The second-order valence-electron chi connectivity index (χ2n) is 5.87. The number of esters is 1. The van der Waals surface area contributed by atoms with Gasteiger partial charge in [-0.05, 0) is 46.5 Å². The lowest BCUT2D eigenvalue weighted by atomic mass is 9.99. The summed E-state index contributed by atoms with van der Waals surface area (Å²) in [5.41, 5.74) is 4.10. The van der Waals surface area contributed by atoms with Crippen LogP contribution in [0, 0.1) is 0 Å². The summed E-state index contributed by atoms with van der Waals surface area (Å²) in [6, 6.07) is 20.9. The molecule has 0 radical (unpaired) electrons. The Balaban J connectivity index is 1.65. The first-order valence-electron chi connectivity index (χ1n) is 7.71. The van der Waals surface area contributed by atoms with Crippen LogP contribution in [0.3, 0.4) is 0 Å². The molecule has 3 nitrogen and oxygen atoms in total. The number of fused-ring (bicyclic) bond motifs is 2. The van der Waals surface area contributed by atoms with Gasteiger partial charge in [-0.1, -0.05) is 42.5 Å². The van der Waals surface area contributed by atoms with E-state index in [4.69, 9.17) is 4.74 Å². The molecule has 1 aliphatic heterocycles. The Labute approximate surface area is 134 Å². The summed E-state index contributed by atoms with van der Waals surface area (Å²) < 4.78 is 4.79. The van der Waals surface area contributed by atoms with Crippen LogP contribution in [0.1, 0.15) is 27.5 Å². The number of nitrogens with one attached hydrogen (secondary N) is 1. The molecule has 0 aliphatic carbocycles. The predicted octanol–water partition coefficient (Wildman–Crippen LogP) is 4.34. The van der Waals surface area contributed by atoms with Gasteiger partial charge in [-0.3, -0.25) is 0 Å². The van der Waals surface area contributed by atoms with E-state index in [1.165, 1.54) is 29.0 Å². The Hall–Kier alpha value is -2.81. The molecule has 23 heavy (non-hydrogen) atoms. The molecule has 1 heterocycles. The smallest absolute Gasteiger partial charge is 0.337 e.